The van der Waals surface area contributed by atoms with Crippen LogP contribution in [-0.4, -0.2) is 15.0 Å². The van der Waals surface area contributed by atoms with E-state index in [0.29, 0.717) is 6.54 Å². The van der Waals surface area contributed by atoms with Gasteiger partial charge in [-0.15, -0.1) is 5.10 Å². The number of allylic oxidation sites excluding steroid dienone is 1. The summed E-state index contributed by atoms with van der Waals surface area (Å²) in [6, 6.07) is 27.4. The molecule has 5 aromatic rings. The Balaban J connectivity index is 1.60. The van der Waals surface area contributed by atoms with Crippen molar-refractivity contribution in [2.75, 3.05) is 0 Å². The molecule has 0 aliphatic heterocycles. The molecular weight excluding hydrogens is 318 g/mol. The lowest BCUT2D eigenvalue weighted by Crippen LogP contribution is -1.97. The molecular formula is C23H17N3. The number of para-hydroxylation sites is 1. The molecule has 4 aromatic carbocycles. The average molecular weight is 335 g/mol. The van der Waals surface area contributed by atoms with E-state index in [2.05, 4.69) is 83.1 Å². The van der Waals surface area contributed by atoms with Crippen molar-refractivity contribution in [2.24, 2.45) is 0 Å². The summed E-state index contributed by atoms with van der Waals surface area (Å²) in [5.74, 6) is 0. The maximum absolute atomic E-state index is 4.27. The van der Waals surface area contributed by atoms with Gasteiger partial charge in [0, 0.05) is 0 Å². The molecule has 0 aliphatic carbocycles. The molecule has 3 nitrogen and oxygen atoms in total. The van der Waals surface area contributed by atoms with E-state index >= 15 is 0 Å². The molecule has 0 N–H and O–H groups in total. The van der Waals surface area contributed by atoms with Crippen LogP contribution in [-0.2, 0) is 6.54 Å². The van der Waals surface area contributed by atoms with Crippen molar-refractivity contribution < 1.29 is 0 Å². The molecule has 0 atom stereocenters. The lowest BCUT2D eigenvalue weighted by Gasteiger charge is -2.08. The maximum atomic E-state index is 4.27. The first-order valence-corrected chi connectivity index (χ1v) is 8.75. The first-order valence-electron chi connectivity index (χ1n) is 8.75. The Morgan fingerprint density at radius 3 is 2.19 bits per heavy atom. The molecule has 3 heteroatoms. The SMILES string of the molecule is C(=C\c1c2ccccc2cc2ccccc12)/Cn1nnc2ccccc21. The van der Waals surface area contributed by atoms with Gasteiger partial charge in [0.05, 0.1) is 12.1 Å². The van der Waals surface area contributed by atoms with Gasteiger partial charge in [0.25, 0.3) is 0 Å². The molecule has 0 fully saturated rings. The van der Waals surface area contributed by atoms with E-state index in [1.54, 1.807) is 0 Å². The number of hydrogen-bond acceptors (Lipinski definition) is 2. The number of benzene rings is 4. The predicted octanol–water partition coefficient (Wildman–Crippen LogP) is 5.45. The van der Waals surface area contributed by atoms with Crippen LogP contribution in [0.25, 0.3) is 38.7 Å². The second-order valence-electron chi connectivity index (χ2n) is 6.40. The van der Waals surface area contributed by atoms with Gasteiger partial charge >= 0.3 is 0 Å². The fourth-order valence-corrected chi connectivity index (χ4v) is 3.55. The quantitative estimate of drug-likeness (QED) is 0.410. The minimum atomic E-state index is 0.693. The molecule has 124 valence electrons. The largest absolute Gasteiger partial charge is 0.241 e. The Bertz CT molecular complexity index is 1210. The van der Waals surface area contributed by atoms with E-state index in [9.17, 15) is 0 Å². The Kier molecular flexibility index (Phi) is 3.49. The highest BCUT2D eigenvalue weighted by molar-refractivity contribution is 6.06. The van der Waals surface area contributed by atoms with Crippen LogP contribution in [0, 0.1) is 0 Å². The van der Waals surface area contributed by atoms with E-state index in [-0.39, 0.29) is 0 Å². The standard InChI is InChI=1S/C23H17N3/c1-3-10-19-17(8-1)16-18-9-2-4-11-20(18)21(19)12-7-15-26-23-14-6-5-13-22(23)24-25-26/h1-14,16H,15H2/b12-7+. The summed E-state index contributed by atoms with van der Waals surface area (Å²) in [4.78, 5) is 0. The van der Waals surface area contributed by atoms with Gasteiger partial charge in [0.1, 0.15) is 5.52 Å². The molecule has 0 unspecified atom stereocenters. The zero-order valence-electron chi connectivity index (χ0n) is 14.2. The van der Waals surface area contributed by atoms with E-state index in [0.717, 1.165) is 11.0 Å². The molecule has 0 bridgehead atoms. The number of aromatic nitrogens is 3. The monoisotopic (exact) mass is 335 g/mol. The van der Waals surface area contributed by atoms with Gasteiger partial charge in [0.2, 0.25) is 0 Å². The van der Waals surface area contributed by atoms with Crippen LogP contribution in [0.1, 0.15) is 5.56 Å². The van der Waals surface area contributed by atoms with Gasteiger partial charge in [0.15, 0.2) is 0 Å². The van der Waals surface area contributed by atoms with E-state index in [1.165, 1.54) is 27.1 Å². The van der Waals surface area contributed by atoms with Crippen molar-refractivity contribution in [3.8, 4) is 0 Å². The van der Waals surface area contributed by atoms with Gasteiger partial charge in [-0.3, -0.25) is 0 Å². The maximum Gasteiger partial charge on any atom is 0.113 e. The summed E-state index contributed by atoms with van der Waals surface area (Å²) in [7, 11) is 0. The lowest BCUT2D eigenvalue weighted by molar-refractivity contribution is 0.684. The average Bonchev–Trinajstić information content (AvgIpc) is 3.11. The smallest absolute Gasteiger partial charge is 0.113 e. The zero-order chi connectivity index (χ0) is 17.3. The zero-order valence-corrected chi connectivity index (χ0v) is 14.2. The summed E-state index contributed by atoms with van der Waals surface area (Å²) in [5, 5.41) is 13.6. The second kappa shape index (κ2) is 6.12. The molecule has 5 rings (SSSR count). The van der Waals surface area contributed by atoms with E-state index in [1.807, 2.05) is 22.9 Å². The molecule has 0 radical (unpaired) electrons. The summed E-state index contributed by atoms with van der Waals surface area (Å²) < 4.78 is 1.93. The number of fused-ring (bicyclic) bond motifs is 3. The number of nitrogens with zero attached hydrogens (tertiary/aromatic N) is 3. The highest BCUT2D eigenvalue weighted by Crippen LogP contribution is 2.29. The van der Waals surface area contributed by atoms with Crippen LogP contribution in [0.2, 0.25) is 0 Å². The van der Waals surface area contributed by atoms with Crippen LogP contribution in [0.3, 0.4) is 0 Å². The van der Waals surface area contributed by atoms with Gasteiger partial charge in [-0.05, 0) is 45.3 Å². The minimum absolute atomic E-state index is 0.693. The first kappa shape index (κ1) is 14.8. The van der Waals surface area contributed by atoms with Crippen molar-refractivity contribution in [3.63, 3.8) is 0 Å². The fraction of sp³-hybridized carbons (Fsp3) is 0.0435. The molecule has 26 heavy (non-hydrogen) atoms. The summed E-state index contributed by atoms with van der Waals surface area (Å²) in [5.41, 5.74) is 3.24. The Morgan fingerprint density at radius 1 is 0.769 bits per heavy atom. The van der Waals surface area contributed by atoms with Crippen molar-refractivity contribution in [1.82, 2.24) is 15.0 Å². The van der Waals surface area contributed by atoms with Crippen molar-refractivity contribution >= 4 is 38.7 Å². The lowest BCUT2D eigenvalue weighted by atomic mass is 9.96. The van der Waals surface area contributed by atoms with Crippen molar-refractivity contribution in [1.29, 1.82) is 0 Å². The molecule has 0 aliphatic rings. The molecule has 1 heterocycles. The topological polar surface area (TPSA) is 30.7 Å². The van der Waals surface area contributed by atoms with Crippen LogP contribution in [0.5, 0.6) is 0 Å². The summed E-state index contributed by atoms with van der Waals surface area (Å²) in [6.45, 7) is 0.693. The van der Waals surface area contributed by atoms with E-state index < -0.39 is 0 Å². The normalized spacial score (nSPS) is 11.8. The molecule has 0 saturated carbocycles. The Morgan fingerprint density at radius 2 is 1.42 bits per heavy atom. The third-order valence-electron chi connectivity index (χ3n) is 4.80. The van der Waals surface area contributed by atoms with Gasteiger partial charge < -0.3 is 0 Å². The third-order valence-corrected chi connectivity index (χ3v) is 4.80. The predicted molar refractivity (Wildman–Crippen MR) is 108 cm³/mol. The van der Waals surface area contributed by atoms with Crippen molar-refractivity contribution in [3.05, 3.63) is 90.5 Å². The number of hydrogen-bond donors (Lipinski definition) is 0. The molecule has 0 spiro atoms. The minimum Gasteiger partial charge on any atom is -0.241 e. The summed E-state index contributed by atoms with van der Waals surface area (Å²) >= 11 is 0. The van der Waals surface area contributed by atoms with Crippen LogP contribution >= 0.6 is 0 Å². The number of rotatable bonds is 3. The fourth-order valence-electron chi connectivity index (χ4n) is 3.55. The van der Waals surface area contributed by atoms with Gasteiger partial charge in [-0.25, -0.2) is 4.68 Å². The highest BCUT2D eigenvalue weighted by Gasteiger charge is 2.05. The van der Waals surface area contributed by atoms with Crippen LogP contribution in [0.4, 0.5) is 0 Å². The molecule has 1 aromatic heterocycles. The van der Waals surface area contributed by atoms with Crippen LogP contribution < -0.4 is 0 Å². The van der Waals surface area contributed by atoms with Gasteiger partial charge in [-0.1, -0.05) is 78.0 Å². The first-order chi connectivity index (χ1) is 12.9. The highest BCUT2D eigenvalue weighted by atomic mass is 15.4. The summed E-state index contributed by atoms with van der Waals surface area (Å²) in [6.07, 6.45) is 4.37. The van der Waals surface area contributed by atoms with Crippen molar-refractivity contribution in [2.45, 2.75) is 6.54 Å². The second-order valence-corrected chi connectivity index (χ2v) is 6.40. The van der Waals surface area contributed by atoms with Gasteiger partial charge in [-0.2, -0.15) is 0 Å². The molecule has 0 amide bonds. The van der Waals surface area contributed by atoms with Crippen LogP contribution in [0.15, 0.2) is 84.9 Å². The Labute approximate surface area is 151 Å². The third kappa shape index (κ3) is 2.45. The Hall–Kier alpha value is -3.46. The molecule has 0 saturated heterocycles. The van der Waals surface area contributed by atoms with E-state index in [4.69, 9.17) is 0 Å².